The number of hydrogen-bond acceptors (Lipinski definition) is 8. The standard InChI is InChI=1S/C23H21N5O4S/c1-14-8-10-27(11-9-14)23-26-28-19(24)17(20(29)25-22(28)33-23)13-15-4-6-16(7-5-15)32-21(30)18-3-2-12-31-18/h2-7,12-14,24H,8-11H2,1H3/b17-13-,24-19?. The molecule has 1 amide bonds. The number of piperidine rings is 1. The zero-order chi connectivity index (χ0) is 22.9. The van der Waals surface area contributed by atoms with Gasteiger partial charge in [0.15, 0.2) is 11.0 Å². The normalized spacial score (nSPS) is 20.1. The average molecular weight is 464 g/mol. The minimum atomic E-state index is -0.597. The van der Waals surface area contributed by atoms with Gasteiger partial charge in [-0.3, -0.25) is 10.2 Å². The number of amides is 1. The molecule has 3 aliphatic rings. The Morgan fingerprint density at radius 3 is 2.67 bits per heavy atom. The van der Waals surface area contributed by atoms with Crippen LogP contribution in [-0.4, -0.2) is 51.0 Å². The van der Waals surface area contributed by atoms with E-state index >= 15 is 0 Å². The molecule has 33 heavy (non-hydrogen) atoms. The number of hydrazone groups is 1. The van der Waals surface area contributed by atoms with Crippen molar-refractivity contribution in [3.8, 4) is 5.75 Å². The maximum absolute atomic E-state index is 12.6. The number of hydrogen-bond donors (Lipinski definition) is 1. The van der Waals surface area contributed by atoms with Crippen LogP contribution >= 0.6 is 11.8 Å². The van der Waals surface area contributed by atoms with Gasteiger partial charge in [0.25, 0.3) is 5.91 Å². The lowest BCUT2D eigenvalue weighted by Crippen LogP contribution is -2.36. The van der Waals surface area contributed by atoms with Crippen molar-refractivity contribution in [1.29, 1.82) is 5.41 Å². The Morgan fingerprint density at radius 2 is 1.97 bits per heavy atom. The summed E-state index contributed by atoms with van der Waals surface area (Å²) in [4.78, 5) is 31.0. The molecule has 0 spiro atoms. The number of aliphatic imine (C=N–C) groups is 1. The van der Waals surface area contributed by atoms with Gasteiger partial charge >= 0.3 is 5.97 Å². The predicted octanol–water partition coefficient (Wildman–Crippen LogP) is 3.81. The van der Waals surface area contributed by atoms with Gasteiger partial charge in [0.1, 0.15) is 5.75 Å². The van der Waals surface area contributed by atoms with Crippen LogP contribution in [-0.2, 0) is 4.79 Å². The molecule has 5 rings (SSSR count). The summed E-state index contributed by atoms with van der Waals surface area (Å²) in [6, 6.07) is 9.73. The van der Waals surface area contributed by atoms with Crippen molar-refractivity contribution in [1.82, 2.24) is 9.91 Å². The highest BCUT2D eigenvalue weighted by molar-refractivity contribution is 8.26. The molecule has 2 aromatic rings. The van der Waals surface area contributed by atoms with Crippen LogP contribution in [0, 0.1) is 11.3 Å². The van der Waals surface area contributed by atoms with Gasteiger partial charge in [-0.25, -0.2) is 4.79 Å². The van der Waals surface area contributed by atoms with Gasteiger partial charge in [0.05, 0.1) is 11.8 Å². The summed E-state index contributed by atoms with van der Waals surface area (Å²) in [6.45, 7) is 4.07. The fourth-order valence-electron chi connectivity index (χ4n) is 3.66. The number of furan rings is 1. The molecule has 9 nitrogen and oxygen atoms in total. The molecule has 0 aliphatic carbocycles. The number of ether oxygens (including phenoxy) is 1. The highest BCUT2D eigenvalue weighted by Gasteiger charge is 2.37. The topological polar surface area (TPSA) is 112 Å². The monoisotopic (exact) mass is 463 g/mol. The maximum atomic E-state index is 12.6. The Kier molecular flexibility index (Phi) is 5.59. The predicted molar refractivity (Wildman–Crippen MR) is 125 cm³/mol. The van der Waals surface area contributed by atoms with Crippen molar-refractivity contribution in [3.05, 3.63) is 59.6 Å². The molecule has 0 radical (unpaired) electrons. The second kappa shape index (κ2) is 8.70. The lowest BCUT2D eigenvalue weighted by molar-refractivity contribution is -0.114. The molecule has 0 unspecified atom stereocenters. The fourth-order valence-corrected chi connectivity index (χ4v) is 4.61. The molecule has 1 fully saturated rings. The highest BCUT2D eigenvalue weighted by atomic mass is 32.2. The van der Waals surface area contributed by atoms with E-state index in [-0.39, 0.29) is 17.2 Å². The van der Waals surface area contributed by atoms with Crippen LogP contribution < -0.4 is 4.74 Å². The summed E-state index contributed by atoms with van der Waals surface area (Å²) in [5.41, 5.74) is 0.817. The molecule has 10 heteroatoms. The summed E-state index contributed by atoms with van der Waals surface area (Å²) in [5.74, 6) is 0.0636. The molecule has 4 heterocycles. The Hall–Kier alpha value is -3.66. The molecule has 0 atom stereocenters. The first kappa shape index (κ1) is 21.2. The van der Waals surface area contributed by atoms with Crippen molar-refractivity contribution >= 4 is 45.9 Å². The molecule has 168 valence electrons. The van der Waals surface area contributed by atoms with Crippen molar-refractivity contribution < 1.29 is 18.7 Å². The van der Waals surface area contributed by atoms with Crippen LogP contribution in [0.4, 0.5) is 0 Å². The van der Waals surface area contributed by atoms with Gasteiger partial charge in [0.2, 0.25) is 10.9 Å². The average Bonchev–Trinajstić information content (AvgIpc) is 3.49. The molecule has 1 aromatic carbocycles. The van der Waals surface area contributed by atoms with E-state index < -0.39 is 11.9 Å². The molecule has 3 aliphatic heterocycles. The van der Waals surface area contributed by atoms with E-state index in [1.165, 1.54) is 29.1 Å². The number of nitrogens with zero attached hydrogens (tertiary/aromatic N) is 4. The van der Waals surface area contributed by atoms with Gasteiger partial charge < -0.3 is 14.1 Å². The first-order valence-corrected chi connectivity index (χ1v) is 11.4. The minimum absolute atomic E-state index is 0.00815. The number of thioether (sulfide) groups is 1. The van der Waals surface area contributed by atoms with Crippen molar-refractivity contribution in [2.75, 3.05) is 13.1 Å². The number of nitrogens with one attached hydrogen (secondary N) is 1. The molecule has 1 saturated heterocycles. The zero-order valence-electron chi connectivity index (χ0n) is 17.9. The third kappa shape index (κ3) is 4.34. The summed E-state index contributed by atoms with van der Waals surface area (Å²) < 4.78 is 10.3. The highest BCUT2D eigenvalue weighted by Crippen LogP contribution is 2.31. The van der Waals surface area contributed by atoms with Gasteiger partial charge in [-0.1, -0.05) is 19.1 Å². The Bertz CT molecular complexity index is 1190. The number of carbonyl (C=O) groups is 2. The summed E-state index contributed by atoms with van der Waals surface area (Å²) in [7, 11) is 0. The zero-order valence-corrected chi connectivity index (χ0v) is 18.7. The lowest BCUT2D eigenvalue weighted by atomic mass is 10.00. The number of benzene rings is 1. The van der Waals surface area contributed by atoms with Crippen LogP contribution in [0.15, 0.2) is 62.7 Å². The van der Waals surface area contributed by atoms with Crippen LogP contribution in [0.1, 0.15) is 35.9 Å². The van der Waals surface area contributed by atoms with Gasteiger partial charge in [-0.15, -0.1) is 5.10 Å². The third-order valence-corrected chi connectivity index (χ3v) is 6.59. The molecular formula is C23H21N5O4S. The number of fused-ring (bicyclic) bond motifs is 1. The molecule has 0 saturated carbocycles. The first-order valence-electron chi connectivity index (χ1n) is 10.6. The van der Waals surface area contributed by atoms with E-state index in [0.717, 1.165) is 31.1 Å². The molecule has 1 N–H and O–H groups in total. The van der Waals surface area contributed by atoms with E-state index in [4.69, 9.17) is 14.6 Å². The van der Waals surface area contributed by atoms with Crippen LogP contribution in [0.25, 0.3) is 6.08 Å². The van der Waals surface area contributed by atoms with Gasteiger partial charge in [-0.05, 0) is 66.4 Å². The van der Waals surface area contributed by atoms with E-state index in [1.54, 1.807) is 36.4 Å². The first-order chi connectivity index (χ1) is 16.0. The van der Waals surface area contributed by atoms with Gasteiger partial charge in [-0.2, -0.15) is 10.0 Å². The second-order valence-corrected chi connectivity index (χ2v) is 8.94. The summed E-state index contributed by atoms with van der Waals surface area (Å²) in [6.07, 6.45) is 5.18. The van der Waals surface area contributed by atoms with Crippen molar-refractivity contribution in [2.24, 2.45) is 16.0 Å². The summed E-state index contributed by atoms with van der Waals surface area (Å²) >= 11 is 1.33. The quantitative estimate of drug-likeness (QED) is 0.418. The number of carbonyl (C=O) groups excluding carboxylic acids is 2. The fraction of sp³-hybridized carbons (Fsp3) is 0.261. The second-order valence-electron chi connectivity index (χ2n) is 8.01. The van der Waals surface area contributed by atoms with Gasteiger partial charge in [0, 0.05) is 13.1 Å². The largest absolute Gasteiger partial charge is 0.457 e. The number of likely N-dealkylation sites (tertiary alicyclic amines) is 1. The van der Waals surface area contributed by atoms with E-state index in [2.05, 4.69) is 21.9 Å². The number of amidine groups is 3. The van der Waals surface area contributed by atoms with Crippen LogP contribution in [0.5, 0.6) is 5.75 Å². The Balaban J connectivity index is 1.31. The lowest BCUT2D eigenvalue weighted by Gasteiger charge is -2.30. The maximum Gasteiger partial charge on any atom is 0.379 e. The molecule has 1 aromatic heterocycles. The number of rotatable bonds is 3. The SMILES string of the molecule is CC1CCN(C2=NN3C(=N)/C(=C/c4ccc(OC(=O)c5ccco5)cc4)C(=O)N=C3S2)CC1. The van der Waals surface area contributed by atoms with Crippen LogP contribution in [0.2, 0.25) is 0 Å². The molecule has 0 bridgehead atoms. The number of esters is 1. The third-order valence-electron chi connectivity index (χ3n) is 5.62. The van der Waals surface area contributed by atoms with Crippen LogP contribution in [0.3, 0.4) is 0 Å². The van der Waals surface area contributed by atoms with Crippen molar-refractivity contribution in [3.63, 3.8) is 0 Å². The van der Waals surface area contributed by atoms with Crippen molar-refractivity contribution in [2.45, 2.75) is 19.8 Å². The van der Waals surface area contributed by atoms with E-state index in [9.17, 15) is 9.59 Å². The minimum Gasteiger partial charge on any atom is -0.457 e. The smallest absolute Gasteiger partial charge is 0.379 e. The Labute approximate surface area is 194 Å². The molecular weight excluding hydrogens is 442 g/mol. The Morgan fingerprint density at radius 1 is 1.21 bits per heavy atom. The van der Waals surface area contributed by atoms with E-state index in [0.29, 0.717) is 22.4 Å². The summed E-state index contributed by atoms with van der Waals surface area (Å²) in [5, 5.41) is 15.7. The van der Waals surface area contributed by atoms with E-state index in [1.807, 2.05) is 0 Å².